The molecule has 1 saturated heterocycles. The molecule has 4 nitrogen and oxygen atoms in total. The fraction of sp³-hybridized carbons (Fsp3) is 0.600. The molecule has 2 aliphatic carbocycles. The molecule has 0 amide bonds. The van der Waals surface area contributed by atoms with Crippen LogP contribution in [-0.4, -0.2) is 24.1 Å². The Morgan fingerprint density at radius 1 is 1.40 bits per heavy atom. The van der Waals surface area contributed by atoms with E-state index in [2.05, 4.69) is 20.4 Å². The summed E-state index contributed by atoms with van der Waals surface area (Å²) in [6, 6.07) is 3.65. The van der Waals surface area contributed by atoms with E-state index in [4.69, 9.17) is 9.47 Å². The van der Waals surface area contributed by atoms with Crippen molar-refractivity contribution in [2.24, 2.45) is 23.2 Å². The minimum absolute atomic E-state index is 0.114. The molecule has 1 aromatic heterocycles. The van der Waals surface area contributed by atoms with Crippen molar-refractivity contribution >= 4 is 23.3 Å². The fourth-order valence-electron chi connectivity index (χ4n) is 5.29. The topological polar surface area (TPSA) is 52.6 Å². The summed E-state index contributed by atoms with van der Waals surface area (Å²) < 4.78 is 11.6. The Hall–Kier alpha value is -1.62. The first-order valence-corrected chi connectivity index (χ1v) is 9.93. The smallest absolute Gasteiger partial charge is 0.348 e. The number of hydrogen-bond donors (Lipinski definition) is 0. The Labute approximate surface area is 152 Å². The lowest BCUT2D eigenvalue weighted by atomic mass is 9.53. The maximum atomic E-state index is 12.4. The van der Waals surface area contributed by atoms with Gasteiger partial charge in [0.1, 0.15) is 17.1 Å². The van der Waals surface area contributed by atoms with E-state index < -0.39 is 0 Å². The molecule has 4 rings (SSSR count). The molecule has 1 aliphatic heterocycles. The summed E-state index contributed by atoms with van der Waals surface area (Å²) in [6.07, 6.45) is 3.67. The van der Waals surface area contributed by atoms with E-state index in [0.717, 1.165) is 25.7 Å². The van der Waals surface area contributed by atoms with Crippen LogP contribution >= 0.6 is 11.3 Å². The predicted molar refractivity (Wildman–Crippen MR) is 95.3 cm³/mol. The van der Waals surface area contributed by atoms with E-state index in [1.165, 1.54) is 11.3 Å². The molecule has 1 unspecified atom stereocenters. The molecule has 134 valence electrons. The van der Waals surface area contributed by atoms with Gasteiger partial charge in [0.2, 0.25) is 0 Å². The van der Waals surface area contributed by atoms with Crippen molar-refractivity contribution in [2.45, 2.75) is 51.7 Å². The normalized spacial score (nSPS) is 40.2. The van der Waals surface area contributed by atoms with E-state index in [-0.39, 0.29) is 47.3 Å². The van der Waals surface area contributed by atoms with Crippen molar-refractivity contribution in [1.82, 2.24) is 0 Å². The fourth-order valence-corrected chi connectivity index (χ4v) is 5.90. The summed E-state index contributed by atoms with van der Waals surface area (Å²) in [7, 11) is 0. The Morgan fingerprint density at radius 3 is 2.88 bits per heavy atom. The minimum Gasteiger partial charge on any atom is -0.458 e. The van der Waals surface area contributed by atoms with Crippen LogP contribution in [0.2, 0.25) is 0 Å². The van der Waals surface area contributed by atoms with Gasteiger partial charge in [0.15, 0.2) is 0 Å². The molecule has 2 saturated carbocycles. The van der Waals surface area contributed by atoms with Gasteiger partial charge in [-0.25, -0.2) is 9.59 Å². The first-order valence-electron chi connectivity index (χ1n) is 9.05. The number of ether oxygens (including phenoxy) is 2. The summed E-state index contributed by atoms with van der Waals surface area (Å²) in [4.78, 5) is 25.1. The molecule has 5 heteroatoms. The summed E-state index contributed by atoms with van der Waals surface area (Å²) in [5.41, 5.74) is 0.758. The lowest BCUT2D eigenvalue weighted by molar-refractivity contribution is -0.159. The van der Waals surface area contributed by atoms with Crippen LogP contribution in [0.4, 0.5) is 0 Å². The number of carbonyl (C=O) groups excluding carboxylic acids is 2. The van der Waals surface area contributed by atoms with Crippen molar-refractivity contribution in [3.8, 4) is 0 Å². The highest BCUT2D eigenvalue weighted by Gasteiger charge is 2.58. The molecule has 3 aliphatic rings. The second-order valence-electron chi connectivity index (χ2n) is 8.04. The molecule has 0 bridgehead atoms. The lowest BCUT2D eigenvalue weighted by Gasteiger charge is -2.53. The van der Waals surface area contributed by atoms with E-state index in [1.54, 1.807) is 6.07 Å². The Morgan fingerprint density at radius 2 is 2.16 bits per heavy atom. The van der Waals surface area contributed by atoms with Crippen molar-refractivity contribution in [2.75, 3.05) is 0 Å². The zero-order valence-electron chi connectivity index (χ0n) is 14.7. The number of thiophene rings is 1. The lowest BCUT2D eigenvalue weighted by Crippen LogP contribution is -2.53. The zero-order valence-corrected chi connectivity index (χ0v) is 15.5. The molecule has 6 atom stereocenters. The van der Waals surface area contributed by atoms with Crippen LogP contribution in [0.5, 0.6) is 0 Å². The van der Waals surface area contributed by atoms with Gasteiger partial charge >= 0.3 is 11.9 Å². The van der Waals surface area contributed by atoms with Gasteiger partial charge in [0.05, 0.1) is 0 Å². The van der Waals surface area contributed by atoms with Gasteiger partial charge < -0.3 is 9.47 Å². The van der Waals surface area contributed by atoms with Crippen LogP contribution in [0, 0.1) is 23.2 Å². The van der Waals surface area contributed by atoms with Crippen LogP contribution in [0.25, 0.3) is 0 Å². The van der Waals surface area contributed by atoms with Gasteiger partial charge in [-0.3, -0.25) is 0 Å². The molecule has 0 N–H and O–H groups in total. The molecule has 0 aromatic carbocycles. The summed E-state index contributed by atoms with van der Waals surface area (Å²) in [5.74, 6) is 0.0121. The van der Waals surface area contributed by atoms with Gasteiger partial charge in [-0.15, -0.1) is 11.3 Å². The SMILES string of the molecule is C=C1C(=O)O[C@@H]2C3[C@@H](C)[C@@H](OC(=O)c4cccs4)CC[C@]3(C)CC[C@@H]12. The average molecular weight is 360 g/mol. The number of esters is 2. The van der Waals surface area contributed by atoms with Gasteiger partial charge in [-0.2, -0.15) is 0 Å². The summed E-state index contributed by atoms with van der Waals surface area (Å²) in [6.45, 7) is 8.39. The highest BCUT2D eigenvalue weighted by atomic mass is 32.1. The number of carbonyl (C=O) groups is 2. The highest BCUT2D eigenvalue weighted by molar-refractivity contribution is 7.11. The van der Waals surface area contributed by atoms with Gasteiger partial charge in [0, 0.05) is 23.3 Å². The Balaban J connectivity index is 1.56. The van der Waals surface area contributed by atoms with Crippen molar-refractivity contribution in [1.29, 1.82) is 0 Å². The third-order valence-corrected chi connectivity index (χ3v) is 7.52. The molecular formula is C20H24O4S. The summed E-state index contributed by atoms with van der Waals surface area (Å²) in [5, 5.41) is 1.88. The average Bonchev–Trinajstić information content (AvgIpc) is 3.20. The van der Waals surface area contributed by atoms with Crippen molar-refractivity contribution < 1.29 is 19.1 Å². The molecule has 1 aromatic rings. The van der Waals surface area contributed by atoms with E-state index >= 15 is 0 Å². The first-order chi connectivity index (χ1) is 11.9. The molecule has 25 heavy (non-hydrogen) atoms. The van der Waals surface area contributed by atoms with Crippen LogP contribution in [-0.2, 0) is 14.3 Å². The van der Waals surface area contributed by atoms with Crippen LogP contribution in [0.3, 0.4) is 0 Å². The van der Waals surface area contributed by atoms with Gasteiger partial charge in [-0.05, 0) is 42.5 Å². The number of rotatable bonds is 2. The second kappa shape index (κ2) is 5.97. The van der Waals surface area contributed by atoms with E-state index in [1.807, 2.05) is 11.4 Å². The maximum absolute atomic E-state index is 12.4. The van der Waals surface area contributed by atoms with Gasteiger partial charge in [0.25, 0.3) is 0 Å². The second-order valence-corrected chi connectivity index (χ2v) is 8.99. The minimum atomic E-state index is -0.246. The molecule has 2 heterocycles. The molecule has 0 radical (unpaired) electrons. The number of fused-ring (bicyclic) bond motifs is 3. The van der Waals surface area contributed by atoms with E-state index in [0.29, 0.717) is 10.5 Å². The monoisotopic (exact) mass is 360 g/mol. The predicted octanol–water partition coefficient (Wildman–Crippen LogP) is 4.22. The van der Waals surface area contributed by atoms with Gasteiger partial charge in [-0.1, -0.05) is 26.5 Å². The maximum Gasteiger partial charge on any atom is 0.348 e. The van der Waals surface area contributed by atoms with Crippen LogP contribution in [0.1, 0.15) is 49.2 Å². The Bertz CT molecular complexity index is 709. The van der Waals surface area contributed by atoms with Crippen LogP contribution in [0.15, 0.2) is 29.7 Å². The van der Waals surface area contributed by atoms with Crippen LogP contribution < -0.4 is 0 Å². The molecular weight excluding hydrogens is 336 g/mol. The number of hydrogen-bond acceptors (Lipinski definition) is 5. The standard InChI is InChI=1S/C20H24O4S/c1-11-13-6-8-20(3)9-7-14(23-19(22)15-5-4-10-25-15)12(2)16(20)17(13)24-18(11)21/h4-5,10,12-14,16-17H,1,6-9H2,2-3H3/t12-,13-,14-,16?,17-,20-/m0/s1. The molecule has 0 spiro atoms. The first kappa shape index (κ1) is 16.8. The largest absolute Gasteiger partial charge is 0.458 e. The third-order valence-electron chi connectivity index (χ3n) is 6.67. The van der Waals surface area contributed by atoms with Crippen molar-refractivity contribution in [3.05, 3.63) is 34.5 Å². The van der Waals surface area contributed by atoms with Crippen molar-refractivity contribution in [3.63, 3.8) is 0 Å². The van der Waals surface area contributed by atoms with E-state index in [9.17, 15) is 9.59 Å². The quantitative estimate of drug-likeness (QED) is 0.585. The molecule has 3 fully saturated rings. The highest BCUT2D eigenvalue weighted by Crippen LogP contribution is 2.58. The Kier molecular flexibility index (Phi) is 4.02. The summed E-state index contributed by atoms with van der Waals surface area (Å²) >= 11 is 1.40. The zero-order chi connectivity index (χ0) is 17.8. The third kappa shape index (κ3) is 2.64.